The van der Waals surface area contributed by atoms with Crippen LogP contribution in [0.4, 0.5) is 14.5 Å². The second kappa shape index (κ2) is 10.7. The predicted octanol–water partition coefficient (Wildman–Crippen LogP) is 5.87. The minimum Gasteiger partial charge on any atom is -0.506 e. The van der Waals surface area contributed by atoms with Crippen LogP contribution in [0.15, 0.2) is 76.5 Å². The molecule has 0 aliphatic carbocycles. The summed E-state index contributed by atoms with van der Waals surface area (Å²) in [7, 11) is -4.17. The number of thioether (sulfide) groups is 1. The first-order valence-electron chi connectivity index (χ1n) is 10.9. The summed E-state index contributed by atoms with van der Waals surface area (Å²) in [6.45, 7) is 2.02. The zero-order valence-electron chi connectivity index (χ0n) is 19.4. The molecule has 0 aromatic heterocycles. The predicted molar refractivity (Wildman–Crippen MR) is 138 cm³/mol. The lowest BCUT2D eigenvalue weighted by Gasteiger charge is -2.15. The highest BCUT2D eigenvalue weighted by Crippen LogP contribution is 2.41. The molecule has 0 fully saturated rings. The van der Waals surface area contributed by atoms with Gasteiger partial charge in [0.15, 0.2) is 11.6 Å². The third-order valence-electron chi connectivity index (χ3n) is 5.36. The molecule has 0 saturated heterocycles. The van der Waals surface area contributed by atoms with Gasteiger partial charge in [0.05, 0.1) is 27.8 Å². The van der Waals surface area contributed by atoms with E-state index in [1.54, 1.807) is 25.1 Å². The summed E-state index contributed by atoms with van der Waals surface area (Å²) in [6.07, 6.45) is 0. The quantitative estimate of drug-likeness (QED) is 0.178. The van der Waals surface area contributed by atoms with Gasteiger partial charge < -0.3 is 14.9 Å². The van der Waals surface area contributed by atoms with Gasteiger partial charge >= 0.3 is 5.97 Å². The normalized spacial score (nSPS) is 11.4. The zero-order valence-corrected chi connectivity index (χ0v) is 21.0. The fraction of sp³-hybridized carbons (Fsp3) is 0.115. The average Bonchev–Trinajstić information content (AvgIpc) is 2.86. The summed E-state index contributed by atoms with van der Waals surface area (Å²) in [6, 6.07) is 14.9. The molecule has 0 aliphatic rings. The minimum atomic E-state index is -4.17. The molecule has 37 heavy (non-hydrogen) atoms. The molecule has 4 rings (SSSR count). The Morgan fingerprint density at radius 1 is 0.973 bits per heavy atom. The Kier molecular flexibility index (Phi) is 7.55. The number of benzene rings is 4. The molecule has 0 heterocycles. The molecule has 0 aliphatic heterocycles. The fourth-order valence-electron chi connectivity index (χ4n) is 3.67. The molecule has 0 saturated carbocycles. The van der Waals surface area contributed by atoms with E-state index in [-0.39, 0.29) is 50.1 Å². The van der Waals surface area contributed by atoms with E-state index in [9.17, 15) is 27.1 Å². The Hall–Kier alpha value is -3.83. The van der Waals surface area contributed by atoms with E-state index in [0.717, 1.165) is 23.9 Å². The van der Waals surface area contributed by atoms with E-state index in [0.29, 0.717) is 11.1 Å². The Balaban J connectivity index is 1.69. The first kappa shape index (κ1) is 26.2. The Morgan fingerprint density at radius 3 is 2.35 bits per heavy atom. The molecule has 0 bridgehead atoms. The number of ether oxygens (including phenoxy) is 1. The molecule has 11 heteroatoms. The highest BCUT2D eigenvalue weighted by Gasteiger charge is 2.20. The molecule has 4 aromatic carbocycles. The smallest absolute Gasteiger partial charge is 0.313 e. The standard InChI is InChI=1S/C26H21F2NO6S2/c1-2-35-23-11-16(5-10-21(23)28)15-3-7-18(8-4-15)37(33,34)29-22-13-24(36-14-25(30)31)26(32)19-9-6-17(27)12-20(19)22/h3-13,29,32H,2,14H2,1H3,(H,30,31). The van der Waals surface area contributed by atoms with Crippen LogP contribution in [0.2, 0.25) is 0 Å². The number of carbonyl (C=O) groups is 1. The van der Waals surface area contributed by atoms with Crippen molar-refractivity contribution in [3.63, 3.8) is 0 Å². The molecule has 0 radical (unpaired) electrons. The van der Waals surface area contributed by atoms with E-state index in [1.807, 2.05) is 0 Å². The van der Waals surface area contributed by atoms with Gasteiger partial charge in [-0.15, -0.1) is 11.8 Å². The van der Waals surface area contributed by atoms with Gasteiger partial charge in [0.25, 0.3) is 10.0 Å². The number of phenolic OH excluding ortho intramolecular Hbond substituents is 1. The van der Waals surface area contributed by atoms with Gasteiger partial charge in [0.2, 0.25) is 0 Å². The van der Waals surface area contributed by atoms with Crippen LogP contribution in [-0.4, -0.2) is 37.0 Å². The Bertz CT molecular complexity index is 1590. The van der Waals surface area contributed by atoms with Gasteiger partial charge in [-0.25, -0.2) is 17.2 Å². The first-order chi connectivity index (χ1) is 17.6. The van der Waals surface area contributed by atoms with E-state index in [1.165, 1.54) is 36.4 Å². The molecule has 4 aromatic rings. The molecule has 0 atom stereocenters. The number of carboxylic acid groups (broad SMARTS) is 1. The molecule has 7 nitrogen and oxygen atoms in total. The van der Waals surface area contributed by atoms with Crippen molar-refractivity contribution < 1.29 is 36.9 Å². The van der Waals surface area contributed by atoms with Crippen LogP contribution < -0.4 is 9.46 Å². The lowest BCUT2D eigenvalue weighted by molar-refractivity contribution is -0.133. The number of halogens is 2. The fourth-order valence-corrected chi connectivity index (χ4v) is 5.47. The highest BCUT2D eigenvalue weighted by molar-refractivity contribution is 8.00. The Labute approximate surface area is 215 Å². The van der Waals surface area contributed by atoms with Crippen LogP contribution in [0.25, 0.3) is 21.9 Å². The third-order valence-corrected chi connectivity index (χ3v) is 7.76. The number of phenols is 1. The molecule has 0 unspecified atom stereocenters. The van der Waals surface area contributed by atoms with Crippen LogP contribution in [0.3, 0.4) is 0 Å². The van der Waals surface area contributed by atoms with Crippen LogP contribution in [0, 0.1) is 11.6 Å². The first-order valence-corrected chi connectivity index (χ1v) is 13.4. The van der Waals surface area contributed by atoms with Crippen molar-refractivity contribution in [2.24, 2.45) is 0 Å². The summed E-state index contributed by atoms with van der Waals surface area (Å²) in [5, 5.41) is 19.8. The summed E-state index contributed by atoms with van der Waals surface area (Å²) in [5.74, 6) is -2.84. The summed E-state index contributed by atoms with van der Waals surface area (Å²) in [4.78, 5) is 11.0. The lowest BCUT2D eigenvalue weighted by Crippen LogP contribution is -2.13. The topological polar surface area (TPSA) is 113 Å². The van der Waals surface area contributed by atoms with Gasteiger partial charge in [-0.1, -0.05) is 18.2 Å². The number of rotatable bonds is 9. The number of sulfonamides is 1. The molecule has 0 amide bonds. The monoisotopic (exact) mass is 545 g/mol. The van der Waals surface area contributed by atoms with Crippen LogP contribution >= 0.6 is 11.8 Å². The van der Waals surface area contributed by atoms with Crippen LogP contribution in [0.5, 0.6) is 11.5 Å². The van der Waals surface area contributed by atoms with Crippen LogP contribution in [-0.2, 0) is 14.8 Å². The molecule has 0 spiro atoms. The van der Waals surface area contributed by atoms with E-state index >= 15 is 0 Å². The number of carboxylic acids is 1. The molecular formula is C26H21F2NO6S2. The number of aliphatic carboxylic acids is 1. The average molecular weight is 546 g/mol. The lowest BCUT2D eigenvalue weighted by atomic mass is 10.1. The maximum Gasteiger partial charge on any atom is 0.313 e. The van der Waals surface area contributed by atoms with Gasteiger partial charge in [-0.3, -0.25) is 9.52 Å². The second-order valence-electron chi connectivity index (χ2n) is 7.85. The van der Waals surface area contributed by atoms with Crippen molar-refractivity contribution in [1.82, 2.24) is 0 Å². The van der Waals surface area contributed by atoms with E-state index in [4.69, 9.17) is 9.84 Å². The van der Waals surface area contributed by atoms with Crippen molar-refractivity contribution in [3.05, 3.63) is 78.4 Å². The number of fused-ring (bicyclic) bond motifs is 1. The van der Waals surface area contributed by atoms with E-state index in [2.05, 4.69) is 4.72 Å². The number of nitrogens with one attached hydrogen (secondary N) is 1. The Morgan fingerprint density at radius 2 is 1.68 bits per heavy atom. The maximum absolute atomic E-state index is 14.0. The third kappa shape index (κ3) is 5.78. The van der Waals surface area contributed by atoms with Gasteiger partial charge in [-0.2, -0.15) is 0 Å². The zero-order chi connectivity index (χ0) is 26.7. The number of hydrogen-bond acceptors (Lipinski definition) is 6. The minimum absolute atomic E-state index is 0.0239. The second-order valence-corrected chi connectivity index (χ2v) is 10.6. The van der Waals surface area contributed by atoms with Crippen molar-refractivity contribution in [3.8, 4) is 22.6 Å². The maximum atomic E-state index is 14.0. The molecular weight excluding hydrogens is 524 g/mol. The number of hydrogen-bond donors (Lipinski definition) is 3. The van der Waals surface area contributed by atoms with Crippen LogP contribution in [0.1, 0.15) is 6.92 Å². The van der Waals surface area contributed by atoms with Crippen molar-refractivity contribution in [2.75, 3.05) is 17.1 Å². The highest BCUT2D eigenvalue weighted by atomic mass is 32.2. The van der Waals surface area contributed by atoms with Crippen molar-refractivity contribution in [2.45, 2.75) is 16.7 Å². The molecule has 192 valence electrons. The van der Waals surface area contributed by atoms with Crippen molar-refractivity contribution >= 4 is 44.2 Å². The number of aromatic hydroxyl groups is 1. The molecule has 3 N–H and O–H groups in total. The van der Waals surface area contributed by atoms with Gasteiger partial charge in [0.1, 0.15) is 11.6 Å². The summed E-state index contributed by atoms with van der Waals surface area (Å²) in [5.41, 5.74) is 1.23. The summed E-state index contributed by atoms with van der Waals surface area (Å²) >= 11 is 0.800. The van der Waals surface area contributed by atoms with Crippen molar-refractivity contribution in [1.29, 1.82) is 0 Å². The SMILES string of the molecule is CCOc1cc(-c2ccc(S(=O)(=O)Nc3cc(SCC(=O)O)c(O)c4ccc(F)cc34)cc2)ccc1F. The van der Waals surface area contributed by atoms with Gasteiger partial charge in [0, 0.05) is 10.8 Å². The largest absolute Gasteiger partial charge is 0.506 e. The van der Waals surface area contributed by atoms with Gasteiger partial charge in [-0.05, 0) is 66.6 Å². The summed E-state index contributed by atoms with van der Waals surface area (Å²) < 4.78 is 62.0. The number of anilines is 1. The van der Waals surface area contributed by atoms with E-state index < -0.39 is 27.6 Å².